The quantitative estimate of drug-likeness (QED) is 0.185. The first-order valence-electron chi connectivity index (χ1n) is 6.58. The van der Waals surface area contributed by atoms with Crippen LogP contribution in [0.2, 0.25) is 0 Å². The largest absolute Gasteiger partial charge is 0.323 e. The number of nitrogens with zero attached hydrogens (tertiary/aromatic N) is 1. The van der Waals surface area contributed by atoms with Crippen LogP contribution >= 0.6 is 22.6 Å². The van der Waals surface area contributed by atoms with Crippen LogP contribution in [-0.2, 0) is 0 Å². The molecule has 3 amide bonds. The van der Waals surface area contributed by atoms with Gasteiger partial charge in [0.25, 0.3) is 9.60 Å². The molecule has 0 unspecified atom stereocenters. The summed E-state index contributed by atoms with van der Waals surface area (Å²) in [6.45, 7) is 0. The van der Waals surface area contributed by atoms with Gasteiger partial charge in [0.15, 0.2) is 0 Å². The first-order valence-corrected chi connectivity index (χ1v) is 7.66. The minimum absolute atomic E-state index is 0.111. The van der Waals surface area contributed by atoms with Crippen LogP contribution in [0.5, 0.6) is 0 Å². The molecule has 0 radical (unpaired) electrons. The minimum atomic E-state index is -0.538. The Morgan fingerprint density at radius 3 is 2.21 bits per heavy atom. The van der Waals surface area contributed by atoms with Crippen molar-refractivity contribution in [2.45, 2.75) is 0 Å². The number of non-ortho nitro benzene ring substituents is 1. The summed E-state index contributed by atoms with van der Waals surface area (Å²) in [5.74, 6) is 0. The molecule has 0 saturated carbocycles. The van der Waals surface area contributed by atoms with Gasteiger partial charge in [-0.3, -0.25) is 25.8 Å². The molecule has 24 heavy (non-hydrogen) atoms. The van der Waals surface area contributed by atoms with Gasteiger partial charge in [0.05, 0.1) is 10.6 Å². The number of urea groups is 1. The molecule has 2 rings (SSSR count). The third-order valence-electron chi connectivity index (χ3n) is 2.76. The van der Waals surface area contributed by atoms with Crippen molar-refractivity contribution in [1.82, 2.24) is 5.43 Å². The van der Waals surface area contributed by atoms with E-state index in [9.17, 15) is 19.7 Å². The van der Waals surface area contributed by atoms with E-state index in [-0.39, 0.29) is 9.60 Å². The molecule has 4 N–H and O–H groups in total. The van der Waals surface area contributed by atoms with Crippen molar-refractivity contribution in [1.29, 1.82) is 0 Å². The number of hydrogen-bond donors (Lipinski definition) is 4. The zero-order chi connectivity index (χ0) is 17.5. The number of hydrogen-bond acceptors (Lipinski definition) is 5. The Labute approximate surface area is 150 Å². The number of anilines is 3. The van der Waals surface area contributed by atoms with E-state index in [1.54, 1.807) is 52.9 Å². The molecule has 2 aromatic carbocycles. The average Bonchev–Trinajstić information content (AvgIpc) is 2.54. The maximum atomic E-state index is 11.9. The van der Waals surface area contributed by atoms with Crippen LogP contribution < -0.4 is 21.5 Å². The second-order valence-electron chi connectivity index (χ2n) is 4.49. The summed E-state index contributed by atoms with van der Waals surface area (Å²) in [7, 11) is 0. The summed E-state index contributed by atoms with van der Waals surface area (Å²) in [6, 6.07) is 11.7. The van der Waals surface area contributed by atoms with E-state index in [1.807, 2.05) is 0 Å². The third kappa shape index (κ3) is 5.39. The van der Waals surface area contributed by atoms with E-state index in [2.05, 4.69) is 21.5 Å². The van der Waals surface area contributed by atoms with Gasteiger partial charge < -0.3 is 10.6 Å². The Balaban J connectivity index is 1.93. The van der Waals surface area contributed by atoms with Crippen molar-refractivity contribution in [3.63, 3.8) is 0 Å². The minimum Gasteiger partial charge on any atom is -0.308 e. The molecule has 0 fully saturated rings. The monoisotopic (exact) mass is 441 g/mol. The predicted molar refractivity (Wildman–Crippen MR) is 98.4 cm³/mol. The molecule has 10 heteroatoms. The highest BCUT2D eigenvalue weighted by molar-refractivity contribution is 14.1. The van der Waals surface area contributed by atoms with Crippen LogP contribution in [0.1, 0.15) is 0 Å². The van der Waals surface area contributed by atoms with Gasteiger partial charge in [-0.05, 0) is 30.3 Å². The Hall–Kier alpha value is -2.89. The second kappa shape index (κ2) is 8.10. The third-order valence-corrected chi connectivity index (χ3v) is 3.03. The topological polar surface area (TPSA) is 125 Å². The Morgan fingerprint density at radius 2 is 1.58 bits per heavy atom. The molecule has 0 saturated heterocycles. The lowest BCUT2D eigenvalue weighted by Crippen LogP contribution is -2.23. The Kier molecular flexibility index (Phi) is 5.89. The molecule has 0 aliphatic heterocycles. The van der Waals surface area contributed by atoms with Gasteiger partial charge >= 0.3 is 6.03 Å². The van der Waals surface area contributed by atoms with Crippen LogP contribution in [0.3, 0.4) is 0 Å². The number of halogens is 1. The van der Waals surface area contributed by atoms with Crippen molar-refractivity contribution in [3.8, 4) is 0 Å². The highest BCUT2D eigenvalue weighted by Gasteiger charge is 2.08. The predicted octanol–water partition coefficient (Wildman–Crippen LogP) is 3.71. The van der Waals surface area contributed by atoms with Crippen molar-refractivity contribution in [2.24, 2.45) is 0 Å². The van der Waals surface area contributed by atoms with Crippen molar-refractivity contribution in [3.05, 3.63) is 58.6 Å². The van der Waals surface area contributed by atoms with Gasteiger partial charge in [-0.2, -0.15) is 0 Å². The fraction of sp³-hybridized carbons (Fsp3) is 0. The molecule has 9 nitrogen and oxygen atoms in total. The lowest BCUT2D eigenvalue weighted by atomic mass is 10.3. The zero-order valence-corrected chi connectivity index (χ0v) is 14.2. The summed E-state index contributed by atoms with van der Waals surface area (Å²) in [5.41, 5.74) is 6.45. The highest BCUT2D eigenvalue weighted by atomic mass is 127. The standard InChI is InChI=1S/C14H12IN5O4/c15-13(21)19-18-10-6-4-9(5-7-10)16-14(22)17-11-2-1-3-12(8-11)20(23)24/h1-8,18H,(H,19,21)(H2,16,17,22). The number of rotatable bonds is 5. The molecule has 0 aromatic heterocycles. The van der Waals surface area contributed by atoms with Crippen LogP contribution in [0.25, 0.3) is 0 Å². The molecular formula is C14H12IN5O4. The number of hydrazine groups is 1. The van der Waals surface area contributed by atoms with Crippen LogP contribution in [0.15, 0.2) is 48.5 Å². The van der Waals surface area contributed by atoms with Crippen LogP contribution in [0, 0.1) is 10.1 Å². The maximum Gasteiger partial charge on any atom is 0.323 e. The lowest BCUT2D eigenvalue weighted by Gasteiger charge is -2.09. The van der Waals surface area contributed by atoms with Gasteiger partial charge in [-0.25, -0.2) is 4.79 Å². The SMILES string of the molecule is O=C(I)NNc1ccc(NC(=O)Nc2cccc([N+](=O)[O-])c2)cc1. The molecule has 0 heterocycles. The number of nitrogens with one attached hydrogen (secondary N) is 4. The zero-order valence-electron chi connectivity index (χ0n) is 12.1. The van der Waals surface area contributed by atoms with Crippen molar-refractivity contribution >= 4 is 55.3 Å². The van der Waals surface area contributed by atoms with Crippen molar-refractivity contribution < 1.29 is 14.5 Å². The van der Waals surface area contributed by atoms with E-state index in [4.69, 9.17) is 0 Å². The molecule has 0 atom stereocenters. The number of nitro benzene ring substituents is 1. The molecule has 0 bridgehead atoms. The summed E-state index contributed by atoms with van der Waals surface area (Å²) in [6.07, 6.45) is 0. The van der Waals surface area contributed by atoms with E-state index >= 15 is 0 Å². The number of carbonyl (C=O) groups excluding carboxylic acids is 2. The number of carbonyl (C=O) groups is 2. The molecule has 124 valence electrons. The van der Waals surface area contributed by atoms with Gasteiger partial charge in [0.1, 0.15) is 0 Å². The molecule has 2 aromatic rings. The highest BCUT2D eigenvalue weighted by Crippen LogP contribution is 2.18. The van der Waals surface area contributed by atoms with Gasteiger partial charge in [-0.15, -0.1) is 0 Å². The van der Waals surface area contributed by atoms with Gasteiger partial charge in [0, 0.05) is 46.1 Å². The number of nitro groups is 1. The molecular weight excluding hydrogens is 429 g/mol. The van der Waals surface area contributed by atoms with Crippen LogP contribution in [-0.4, -0.2) is 14.9 Å². The van der Waals surface area contributed by atoms with E-state index < -0.39 is 11.0 Å². The summed E-state index contributed by atoms with van der Waals surface area (Å²) < 4.78 is -0.258. The number of benzene rings is 2. The number of amides is 3. The Bertz CT molecular complexity index is 766. The van der Waals surface area contributed by atoms with E-state index in [0.29, 0.717) is 17.1 Å². The average molecular weight is 441 g/mol. The molecule has 0 spiro atoms. The first-order chi connectivity index (χ1) is 11.4. The van der Waals surface area contributed by atoms with E-state index in [0.717, 1.165) is 0 Å². The second-order valence-corrected chi connectivity index (χ2v) is 5.47. The van der Waals surface area contributed by atoms with E-state index in [1.165, 1.54) is 18.2 Å². The lowest BCUT2D eigenvalue weighted by molar-refractivity contribution is -0.384. The maximum absolute atomic E-state index is 11.9. The molecule has 0 aliphatic carbocycles. The fourth-order valence-corrected chi connectivity index (χ4v) is 1.88. The normalized spacial score (nSPS) is 9.71. The first kappa shape index (κ1) is 17.5. The van der Waals surface area contributed by atoms with Crippen LogP contribution in [0.4, 0.5) is 32.3 Å². The Morgan fingerprint density at radius 1 is 0.958 bits per heavy atom. The van der Waals surface area contributed by atoms with Gasteiger partial charge in [-0.1, -0.05) is 6.07 Å². The summed E-state index contributed by atoms with van der Waals surface area (Å²) >= 11 is 1.59. The summed E-state index contributed by atoms with van der Waals surface area (Å²) in [4.78, 5) is 32.8. The smallest absolute Gasteiger partial charge is 0.308 e. The fourth-order valence-electron chi connectivity index (χ4n) is 1.75. The van der Waals surface area contributed by atoms with Crippen molar-refractivity contribution in [2.75, 3.05) is 16.1 Å². The van der Waals surface area contributed by atoms with Gasteiger partial charge in [0.2, 0.25) is 0 Å². The molecule has 0 aliphatic rings. The summed E-state index contributed by atoms with van der Waals surface area (Å²) in [5, 5.41) is 15.8.